The fourth-order valence-electron chi connectivity index (χ4n) is 6.10. The van der Waals surface area contributed by atoms with E-state index in [9.17, 15) is 14.4 Å². The average molecular weight is 485 g/mol. The van der Waals surface area contributed by atoms with Gasteiger partial charge in [0.15, 0.2) is 0 Å². The minimum absolute atomic E-state index is 0.0621. The van der Waals surface area contributed by atoms with Gasteiger partial charge in [0.05, 0.1) is 18.7 Å². The maximum absolute atomic E-state index is 14.0. The molecule has 1 aliphatic carbocycles. The summed E-state index contributed by atoms with van der Waals surface area (Å²) < 4.78 is 6.14. The summed E-state index contributed by atoms with van der Waals surface area (Å²) in [5, 5.41) is 9.11. The van der Waals surface area contributed by atoms with Crippen LogP contribution in [0.3, 0.4) is 0 Å². The molecular formula is C27H40N4O4. The van der Waals surface area contributed by atoms with Crippen molar-refractivity contribution in [3.8, 4) is 0 Å². The molecule has 0 bridgehead atoms. The summed E-state index contributed by atoms with van der Waals surface area (Å²) in [7, 11) is 1.71. The van der Waals surface area contributed by atoms with Crippen molar-refractivity contribution >= 4 is 17.7 Å². The molecule has 2 aliphatic heterocycles. The van der Waals surface area contributed by atoms with Gasteiger partial charge in [0.25, 0.3) is 0 Å². The van der Waals surface area contributed by atoms with Crippen LogP contribution in [0.25, 0.3) is 0 Å². The van der Waals surface area contributed by atoms with Gasteiger partial charge in [-0.15, -0.1) is 0 Å². The Balaban J connectivity index is 1.62. The van der Waals surface area contributed by atoms with E-state index < -0.39 is 24.4 Å². The van der Waals surface area contributed by atoms with Crippen LogP contribution in [0.4, 0.5) is 0 Å². The van der Waals surface area contributed by atoms with E-state index in [2.05, 4.69) is 41.9 Å². The highest BCUT2D eigenvalue weighted by molar-refractivity contribution is 5.94. The van der Waals surface area contributed by atoms with E-state index in [-0.39, 0.29) is 29.2 Å². The van der Waals surface area contributed by atoms with Crippen molar-refractivity contribution in [1.82, 2.24) is 20.9 Å². The third-order valence-electron chi connectivity index (χ3n) is 8.50. The van der Waals surface area contributed by atoms with Gasteiger partial charge in [0.1, 0.15) is 18.3 Å². The third kappa shape index (κ3) is 4.83. The number of aryl methyl sites for hydroxylation is 1. The maximum atomic E-state index is 14.0. The molecule has 1 aromatic carbocycles. The Morgan fingerprint density at radius 1 is 1.14 bits per heavy atom. The zero-order chi connectivity index (χ0) is 25.2. The molecule has 4 rings (SSSR count). The molecule has 2 saturated heterocycles. The number of fused-ring (bicyclic) bond motifs is 2. The highest BCUT2D eigenvalue weighted by Gasteiger charge is 2.57. The summed E-state index contributed by atoms with van der Waals surface area (Å²) in [6, 6.07) is 6.46. The van der Waals surface area contributed by atoms with Crippen molar-refractivity contribution in [2.24, 2.45) is 5.41 Å². The van der Waals surface area contributed by atoms with Crippen LogP contribution in [-0.2, 0) is 25.5 Å². The first-order valence-electron chi connectivity index (χ1n) is 13.1. The molecule has 3 unspecified atom stereocenters. The van der Waals surface area contributed by atoms with Gasteiger partial charge in [-0.2, -0.15) is 0 Å². The summed E-state index contributed by atoms with van der Waals surface area (Å²) >= 11 is 0. The Morgan fingerprint density at radius 2 is 1.89 bits per heavy atom. The van der Waals surface area contributed by atoms with E-state index in [1.165, 1.54) is 11.1 Å². The minimum atomic E-state index is -0.710. The lowest BCUT2D eigenvalue weighted by Crippen LogP contribution is -2.59. The molecule has 192 valence electrons. The fraction of sp³-hybridized carbons (Fsp3) is 0.667. The summed E-state index contributed by atoms with van der Waals surface area (Å²) in [5.74, 6) is -0.580. The topological polar surface area (TPSA) is 99.8 Å². The molecule has 1 aromatic rings. The van der Waals surface area contributed by atoms with E-state index in [0.717, 1.165) is 32.1 Å². The van der Waals surface area contributed by atoms with E-state index in [1.807, 2.05) is 12.1 Å². The van der Waals surface area contributed by atoms with Crippen LogP contribution in [0.15, 0.2) is 24.3 Å². The number of rotatable bonds is 7. The highest BCUT2D eigenvalue weighted by Crippen LogP contribution is 2.48. The second-order valence-corrected chi connectivity index (χ2v) is 10.3. The molecule has 0 saturated carbocycles. The Bertz CT molecular complexity index is 947. The van der Waals surface area contributed by atoms with Gasteiger partial charge in [0, 0.05) is 18.3 Å². The molecule has 3 aliphatic rings. The van der Waals surface area contributed by atoms with Crippen molar-refractivity contribution in [3.63, 3.8) is 0 Å². The molecule has 5 atom stereocenters. The van der Waals surface area contributed by atoms with Gasteiger partial charge in [-0.25, -0.2) is 0 Å². The van der Waals surface area contributed by atoms with E-state index in [0.29, 0.717) is 19.4 Å². The minimum Gasteiger partial charge on any atom is -0.358 e. The van der Waals surface area contributed by atoms with Gasteiger partial charge < -0.3 is 25.6 Å². The van der Waals surface area contributed by atoms with Gasteiger partial charge in [0.2, 0.25) is 17.7 Å². The molecule has 2 fully saturated rings. The predicted molar refractivity (Wildman–Crippen MR) is 133 cm³/mol. The van der Waals surface area contributed by atoms with E-state index in [1.54, 1.807) is 18.9 Å². The number of benzene rings is 1. The highest BCUT2D eigenvalue weighted by atomic mass is 16.5. The molecule has 35 heavy (non-hydrogen) atoms. The molecule has 2 heterocycles. The molecular weight excluding hydrogens is 444 g/mol. The van der Waals surface area contributed by atoms with Gasteiger partial charge in [-0.1, -0.05) is 38.1 Å². The van der Waals surface area contributed by atoms with Crippen LogP contribution in [0.2, 0.25) is 0 Å². The lowest BCUT2D eigenvalue weighted by atomic mass is 9.74. The molecule has 8 nitrogen and oxygen atoms in total. The number of carbonyl (C=O) groups is 3. The van der Waals surface area contributed by atoms with Crippen LogP contribution < -0.4 is 16.0 Å². The number of carbonyl (C=O) groups excluding carboxylic acids is 3. The van der Waals surface area contributed by atoms with Crippen molar-refractivity contribution < 1.29 is 19.1 Å². The largest absolute Gasteiger partial charge is 0.358 e. The van der Waals surface area contributed by atoms with E-state index >= 15 is 0 Å². The quantitative estimate of drug-likeness (QED) is 0.552. The second-order valence-electron chi connectivity index (χ2n) is 10.3. The Hall–Kier alpha value is -2.45. The number of nitrogens with one attached hydrogen (secondary N) is 3. The number of hydrogen-bond acceptors (Lipinski definition) is 5. The molecule has 0 spiro atoms. The lowest BCUT2D eigenvalue weighted by molar-refractivity contribution is -0.150. The van der Waals surface area contributed by atoms with Crippen LogP contribution in [0, 0.1) is 5.41 Å². The number of hydrogen-bond donors (Lipinski definition) is 3. The van der Waals surface area contributed by atoms with Gasteiger partial charge >= 0.3 is 0 Å². The van der Waals surface area contributed by atoms with Gasteiger partial charge in [-0.3, -0.25) is 14.4 Å². The predicted octanol–water partition coefficient (Wildman–Crippen LogP) is 2.43. The number of ether oxygens (including phenoxy) is 1. The molecule has 3 amide bonds. The molecule has 0 aromatic heterocycles. The first-order valence-corrected chi connectivity index (χ1v) is 13.1. The summed E-state index contributed by atoms with van der Waals surface area (Å²) in [4.78, 5) is 42.0. The zero-order valence-electron chi connectivity index (χ0n) is 21.4. The van der Waals surface area contributed by atoms with Crippen molar-refractivity contribution in [2.45, 2.75) is 96.1 Å². The van der Waals surface area contributed by atoms with Gasteiger partial charge in [-0.05, 0) is 57.2 Å². The molecule has 3 N–H and O–H groups in total. The maximum Gasteiger partial charge on any atom is 0.247 e. The SMILES string of the molecule is CCC1(CC)CC2OCC[C@H](NC(=O)C(C)NC)C(=O)N2C1C(=O)N[C@@H]1CCCc2ccccc21. The van der Waals surface area contributed by atoms with Crippen molar-refractivity contribution in [3.05, 3.63) is 35.4 Å². The normalized spacial score (nSPS) is 28.5. The Morgan fingerprint density at radius 3 is 2.60 bits per heavy atom. The number of likely N-dealkylation sites (N-methyl/N-ethyl adjacent to an activating group) is 1. The summed E-state index contributed by atoms with van der Waals surface area (Å²) in [6.45, 7) is 6.29. The van der Waals surface area contributed by atoms with Crippen LogP contribution in [0.5, 0.6) is 0 Å². The van der Waals surface area contributed by atoms with Crippen molar-refractivity contribution in [1.29, 1.82) is 0 Å². The van der Waals surface area contributed by atoms with Crippen LogP contribution >= 0.6 is 0 Å². The molecule has 8 heteroatoms. The number of nitrogens with zero attached hydrogens (tertiary/aromatic N) is 1. The van der Waals surface area contributed by atoms with E-state index in [4.69, 9.17) is 4.74 Å². The average Bonchev–Trinajstić information content (AvgIpc) is 3.14. The lowest BCUT2D eigenvalue weighted by Gasteiger charge is -2.38. The third-order valence-corrected chi connectivity index (χ3v) is 8.50. The molecule has 0 radical (unpaired) electrons. The van der Waals surface area contributed by atoms with Crippen LogP contribution in [-0.4, -0.2) is 60.6 Å². The smallest absolute Gasteiger partial charge is 0.247 e. The standard InChI is InChI=1S/C27H40N4O4/c1-5-27(6-2)16-22-31(26(34)21(14-15-35-22)30-24(32)17(3)28-4)23(27)25(33)29-20-13-9-11-18-10-7-8-12-19(18)20/h7-8,10,12,17,20-23,28H,5-6,9,11,13-16H2,1-4H3,(H,29,33)(H,30,32)/t17?,20-,21+,22?,23?/m1/s1. The first-order chi connectivity index (χ1) is 16.8. The fourth-order valence-corrected chi connectivity index (χ4v) is 6.10. The zero-order valence-corrected chi connectivity index (χ0v) is 21.4. The number of amides is 3. The van der Waals surface area contributed by atoms with Crippen LogP contribution in [0.1, 0.15) is 76.5 Å². The van der Waals surface area contributed by atoms with Crippen molar-refractivity contribution in [2.75, 3.05) is 13.7 Å². The first kappa shape index (κ1) is 25.6. The monoisotopic (exact) mass is 484 g/mol. The Kier molecular flexibility index (Phi) is 7.81. The summed E-state index contributed by atoms with van der Waals surface area (Å²) in [5.41, 5.74) is 2.08. The summed E-state index contributed by atoms with van der Waals surface area (Å²) in [6.07, 6.45) is 5.01. The second kappa shape index (κ2) is 10.7. The Labute approximate surface area is 208 Å².